The van der Waals surface area contributed by atoms with Gasteiger partial charge in [0.05, 0.1) is 17.5 Å². The van der Waals surface area contributed by atoms with E-state index in [0.717, 1.165) is 18.4 Å². The molecule has 10 heteroatoms. The third-order valence-corrected chi connectivity index (χ3v) is 4.93. The first-order valence-electron chi connectivity index (χ1n) is 8.18. The molecule has 0 aliphatic carbocycles. The second-order valence-corrected chi connectivity index (χ2v) is 7.74. The van der Waals surface area contributed by atoms with Crippen molar-refractivity contribution >= 4 is 27.3 Å². The van der Waals surface area contributed by atoms with Crippen LogP contribution in [0, 0.1) is 0 Å². The molecule has 0 saturated heterocycles. The van der Waals surface area contributed by atoms with Gasteiger partial charge < -0.3 is 10.1 Å². The maximum absolute atomic E-state index is 12.7. The van der Waals surface area contributed by atoms with Crippen molar-refractivity contribution in [2.75, 3.05) is 29.0 Å². The lowest BCUT2D eigenvalue weighted by Crippen LogP contribution is -2.29. The highest BCUT2D eigenvalue weighted by Crippen LogP contribution is 2.30. The number of hydrogen-bond donors (Lipinski definition) is 1. The number of nitrogens with zero attached hydrogens (tertiary/aromatic N) is 1. The Morgan fingerprint density at radius 3 is 2.32 bits per heavy atom. The monoisotopic (exact) mass is 416 g/mol. The summed E-state index contributed by atoms with van der Waals surface area (Å²) in [5, 5.41) is 2.33. The minimum Gasteiger partial charge on any atom is -0.484 e. The number of sulfonamides is 1. The number of benzene rings is 2. The van der Waals surface area contributed by atoms with Crippen LogP contribution in [0.5, 0.6) is 5.75 Å². The zero-order valence-corrected chi connectivity index (χ0v) is 16.0. The number of anilines is 2. The third-order valence-electron chi connectivity index (χ3n) is 3.66. The summed E-state index contributed by atoms with van der Waals surface area (Å²) < 4.78 is 67.9. The highest BCUT2D eigenvalue weighted by Gasteiger charge is 2.30. The molecule has 0 fully saturated rings. The van der Waals surface area contributed by atoms with Gasteiger partial charge in [-0.1, -0.05) is 6.07 Å². The van der Waals surface area contributed by atoms with Crippen LogP contribution in [-0.2, 0) is 21.0 Å². The Morgan fingerprint density at radius 2 is 1.79 bits per heavy atom. The van der Waals surface area contributed by atoms with Gasteiger partial charge in [0.2, 0.25) is 10.0 Å². The van der Waals surface area contributed by atoms with Crippen LogP contribution in [-0.4, -0.2) is 33.7 Å². The fourth-order valence-electron chi connectivity index (χ4n) is 2.44. The number of halogens is 3. The first-order chi connectivity index (χ1) is 13.0. The smallest absolute Gasteiger partial charge is 0.416 e. The molecule has 0 heterocycles. The number of carbonyl (C=O) groups excluding carboxylic acids is 1. The number of ether oxygens (including phenoxy) is 1. The minimum atomic E-state index is -4.50. The van der Waals surface area contributed by atoms with Crippen molar-refractivity contribution in [3.63, 3.8) is 0 Å². The highest BCUT2D eigenvalue weighted by atomic mass is 32.2. The maximum Gasteiger partial charge on any atom is 0.416 e. The molecule has 0 aliphatic heterocycles. The van der Waals surface area contributed by atoms with E-state index in [1.165, 1.54) is 40.7 Å². The van der Waals surface area contributed by atoms with Gasteiger partial charge in [-0.3, -0.25) is 9.10 Å². The van der Waals surface area contributed by atoms with Crippen LogP contribution in [0.2, 0.25) is 0 Å². The molecule has 1 amide bonds. The van der Waals surface area contributed by atoms with Gasteiger partial charge in [-0.25, -0.2) is 8.42 Å². The largest absolute Gasteiger partial charge is 0.484 e. The zero-order chi connectivity index (χ0) is 20.9. The molecule has 152 valence electrons. The van der Waals surface area contributed by atoms with Gasteiger partial charge in [0.15, 0.2) is 6.61 Å². The Morgan fingerprint density at radius 1 is 1.14 bits per heavy atom. The van der Waals surface area contributed by atoms with Crippen molar-refractivity contribution < 1.29 is 31.1 Å². The second-order valence-electron chi connectivity index (χ2n) is 5.84. The summed E-state index contributed by atoms with van der Waals surface area (Å²) in [6.07, 6.45) is -3.41. The molecule has 1 N–H and O–H groups in total. The first kappa shape index (κ1) is 21.5. The number of rotatable bonds is 7. The van der Waals surface area contributed by atoms with Gasteiger partial charge in [-0.2, -0.15) is 13.2 Å². The number of carbonyl (C=O) groups is 1. The molecule has 6 nitrogen and oxygen atoms in total. The van der Waals surface area contributed by atoms with E-state index in [2.05, 4.69) is 5.32 Å². The van der Waals surface area contributed by atoms with Gasteiger partial charge in [-0.15, -0.1) is 0 Å². The van der Waals surface area contributed by atoms with Crippen molar-refractivity contribution in [2.24, 2.45) is 0 Å². The summed E-state index contributed by atoms with van der Waals surface area (Å²) in [5.74, 6) is -0.317. The van der Waals surface area contributed by atoms with Crippen LogP contribution < -0.4 is 14.4 Å². The lowest BCUT2D eigenvalue weighted by molar-refractivity contribution is -0.137. The fourth-order valence-corrected chi connectivity index (χ4v) is 3.41. The van der Waals surface area contributed by atoms with Crippen LogP contribution in [0.3, 0.4) is 0 Å². The Kier molecular flexibility index (Phi) is 6.55. The molecule has 0 aromatic heterocycles. The Balaban J connectivity index is 1.96. The Labute approximate surface area is 161 Å². The third kappa shape index (κ3) is 5.88. The summed E-state index contributed by atoms with van der Waals surface area (Å²) in [5.41, 5.74) is -0.413. The summed E-state index contributed by atoms with van der Waals surface area (Å²) in [6.45, 7) is 1.54. The summed E-state index contributed by atoms with van der Waals surface area (Å²) in [7, 11) is -3.41. The van der Waals surface area contributed by atoms with Crippen LogP contribution in [0.1, 0.15) is 12.5 Å². The molecule has 2 rings (SSSR count). The standard InChI is InChI=1S/C18H19F3N2O4S/c1-3-23(28(2,25)26)15-7-9-16(10-8-15)27-12-17(24)22-14-6-4-5-13(11-14)18(19,20)21/h4-11H,3,12H2,1-2H3,(H,22,24). The molecule has 0 bridgehead atoms. The van der Waals surface area contributed by atoms with Gasteiger partial charge >= 0.3 is 6.18 Å². The van der Waals surface area contributed by atoms with E-state index in [1.807, 2.05) is 0 Å². The first-order valence-corrected chi connectivity index (χ1v) is 10.0. The van der Waals surface area contributed by atoms with Gasteiger partial charge in [0, 0.05) is 12.2 Å². The SMILES string of the molecule is CCN(c1ccc(OCC(=O)Nc2cccc(C(F)(F)F)c2)cc1)S(C)(=O)=O. The molecule has 0 aliphatic rings. The molecule has 28 heavy (non-hydrogen) atoms. The second kappa shape index (κ2) is 8.51. The average molecular weight is 416 g/mol. The highest BCUT2D eigenvalue weighted by molar-refractivity contribution is 7.92. The van der Waals surface area contributed by atoms with Crippen LogP contribution in [0.25, 0.3) is 0 Å². The van der Waals surface area contributed by atoms with E-state index >= 15 is 0 Å². The van der Waals surface area contributed by atoms with Crippen molar-refractivity contribution in [3.8, 4) is 5.75 Å². The predicted molar refractivity (Wildman–Crippen MR) is 99.9 cm³/mol. The molecule has 0 saturated carbocycles. The molecule has 2 aromatic carbocycles. The lowest BCUT2D eigenvalue weighted by atomic mass is 10.2. The average Bonchev–Trinajstić information content (AvgIpc) is 2.60. The van der Waals surface area contributed by atoms with Crippen LogP contribution in [0.15, 0.2) is 48.5 Å². The van der Waals surface area contributed by atoms with Gasteiger partial charge in [-0.05, 0) is 49.4 Å². The normalized spacial score (nSPS) is 11.8. The number of nitrogens with one attached hydrogen (secondary N) is 1. The van der Waals surface area contributed by atoms with Crippen molar-refractivity contribution in [2.45, 2.75) is 13.1 Å². The molecule has 0 spiro atoms. The van der Waals surface area contributed by atoms with E-state index in [1.54, 1.807) is 6.92 Å². The molecule has 0 radical (unpaired) electrons. The van der Waals surface area contributed by atoms with Crippen LogP contribution >= 0.6 is 0 Å². The fraction of sp³-hybridized carbons (Fsp3) is 0.278. The lowest BCUT2D eigenvalue weighted by Gasteiger charge is -2.20. The van der Waals surface area contributed by atoms with E-state index in [0.29, 0.717) is 11.4 Å². The molecular weight excluding hydrogens is 397 g/mol. The number of amides is 1. The maximum atomic E-state index is 12.7. The molecule has 0 unspecified atom stereocenters. The number of alkyl halides is 3. The molecular formula is C18H19F3N2O4S. The zero-order valence-electron chi connectivity index (χ0n) is 15.2. The van der Waals surface area contributed by atoms with Crippen LogP contribution in [0.4, 0.5) is 24.5 Å². The van der Waals surface area contributed by atoms with E-state index in [4.69, 9.17) is 4.74 Å². The van der Waals surface area contributed by atoms with Crippen molar-refractivity contribution in [1.29, 1.82) is 0 Å². The molecule has 2 aromatic rings. The van der Waals surface area contributed by atoms with Gasteiger partial charge in [0.1, 0.15) is 5.75 Å². The Hall–Kier alpha value is -2.75. The summed E-state index contributed by atoms with van der Waals surface area (Å²) >= 11 is 0. The molecule has 0 atom stereocenters. The van der Waals surface area contributed by atoms with E-state index in [9.17, 15) is 26.4 Å². The topological polar surface area (TPSA) is 75.7 Å². The van der Waals surface area contributed by atoms with E-state index < -0.39 is 34.3 Å². The van der Waals surface area contributed by atoms with E-state index in [-0.39, 0.29) is 12.2 Å². The van der Waals surface area contributed by atoms with Crippen molar-refractivity contribution in [1.82, 2.24) is 0 Å². The van der Waals surface area contributed by atoms with Crippen molar-refractivity contribution in [3.05, 3.63) is 54.1 Å². The summed E-state index contributed by atoms with van der Waals surface area (Å²) in [6, 6.07) is 10.3. The quantitative estimate of drug-likeness (QED) is 0.750. The summed E-state index contributed by atoms with van der Waals surface area (Å²) in [4.78, 5) is 11.9. The Bertz CT molecular complexity index is 929. The predicted octanol–water partition coefficient (Wildman–Crippen LogP) is 3.51. The minimum absolute atomic E-state index is 0.00510. The number of hydrogen-bond acceptors (Lipinski definition) is 4. The van der Waals surface area contributed by atoms with Gasteiger partial charge in [0.25, 0.3) is 5.91 Å².